The van der Waals surface area contributed by atoms with E-state index in [1.165, 1.54) is 12.1 Å². The van der Waals surface area contributed by atoms with Crippen molar-refractivity contribution in [2.45, 2.75) is 30.7 Å². The Morgan fingerprint density at radius 2 is 2.04 bits per heavy atom. The van der Waals surface area contributed by atoms with Crippen LogP contribution in [0, 0.1) is 0 Å². The van der Waals surface area contributed by atoms with Gasteiger partial charge in [-0.25, -0.2) is 4.98 Å². The molecule has 2 aliphatic heterocycles. The number of aromatic nitrogens is 2. The molecule has 2 aliphatic rings. The SMILES string of the molecule is O=C(NC1(C(F)(F)F)C(=O)Nc2nc3cc(Cl)c(Cl)cc3n21)C1CCCN1. The van der Waals surface area contributed by atoms with Crippen molar-refractivity contribution in [1.82, 2.24) is 20.2 Å². The second-order valence-corrected chi connectivity index (χ2v) is 7.14. The van der Waals surface area contributed by atoms with E-state index in [0.717, 1.165) is 0 Å². The minimum atomic E-state index is -5.14. The van der Waals surface area contributed by atoms with E-state index >= 15 is 0 Å². The van der Waals surface area contributed by atoms with Gasteiger partial charge in [-0.05, 0) is 31.5 Å². The number of hydrogen-bond donors (Lipinski definition) is 3. The summed E-state index contributed by atoms with van der Waals surface area (Å²) < 4.78 is 43.1. The van der Waals surface area contributed by atoms with E-state index in [9.17, 15) is 22.8 Å². The molecule has 2 aromatic rings. The van der Waals surface area contributed by atoms with Crippen LogP contribution in [-0.2, 0) is 15.3 Å². The van der Waals surface area contributed by atoms with Gasteiger partial charge in [0.05, 0.1) is 27.1 Å². The second kappa shape index (κ2) is 5.98. The maximum Gasteiger partial charge on any atom is 0.440 e. The van der Waals surface area contributed by atoms with Crippen LogP contribution >= 0.6 is 23.2 Å². The molecule has 1 saturated heterocycles. The van der Waals surface area contributed by atoms with Gasteiger partial charge in [-0.3, -0.25) is 19.5 Å². The number of benzene rings is 1. The highest BCUT2D eigenvalue weighted by Crippen LogP contribution is 2.45. The molecule has 2 amide bonds. The summed E-state index contributed by atoms with van der Waals surface area (Å²) in [5, 5.41) is 6.90. The first-order valence-corrected chi connectivity index (χ1v) is 8.72. The molecule has 2 atom stereocenters. The zero-order valence-corrected chi connectivity index (χ0v) is 15.0. The highest BCUT2D eigenvalue weighted by atomic mass is 35.5. The standard InChI is InChI=1S/C15H12Cl2F3N5O2/c16-6-4-9-10(5-7(6)17)25-13(22-9)23-12(27)14(25,15(18,19)20)24-11(26)8-2-1-3-21-8/h4-5,8,21H,1-3H2,(H,24,26)(H,22,23,27). The Morgan fingerprint density at radius 1 is 1.33 bits per heavy atom. The van der Waals surface area contributed by atoms with Gasteiger partial charge in [0.15, 0.2) is 0 Å². The van der Waals surface area contributed by atoms with Crippen LogP contribution in [-0.4, -0.2) is 40.1 Å². The smallest absolute Gasteiger partial charge is 0.316 e. The van der Waals surface area contributed by atoms with Crippen molar-refractivity contribution in [3.63, 3.8) is 0 Å². The maximum absolute atomic E-state index is 14.2. The van der Waals surface area contributed by atoms with Crippen molar-refractivity contribution in [2.24, 2.45) is 0 Å². The van der Waals surface area contributed by atoms with E-state index in [2.05, 4.69) is 15.6 Å². The Balaban J connectivity index is 1.91. The van der Waals surface area contributed by atoms with Crippen molar-refractivity contribution in [3.05, 3.63) is 22.2 Å². The fraction of sp³-hybridized carbons (Fsp3) is 0.400. The van der Waals surface area contributed by atoms with E-state index in [1.54, 1.807) is 0 Å². The number of anilines is 1. The first kappa shape index (κ1) is 18.3. The Hall–Kier alpha value is -2.04. The fourth-order valence-electron chi connectivity index (χ4n) is 3.40. The lowest BCUT2D eigenvalue weighted by Gasteiger charge is -2.32. The summed E-state index contributed by atoms with van der Waals surface area (Å²) in [5.74, 6) is -2.73. The average Bonchev–Trinajstić information content (AvgIpc) is 3.25. The molecule has 0 aliphatic carbocycles. The van der Waals surface area contributed by atoms with Gasteiger partial charge in [-0.2, -0.15) is 13.2 Å². The number of alkyl halides is 3. The Kier molecular flexibility index (Phi) is 4.06. The third kappa shape index (κ3) is 2.58. The zero-order chi connectivity index (χ0) is 19.6. The molecule has 12 heteroatoms. The molecule has 0 bridgehead atoms. The predicted octanol–water partition coefficient (Wildman–Crippen LogP) is 2.38. The number of imidazole rings is 1. The molecule has 144 valence electrons. The molecule has 4 rings (SSSR count). The molecule has 0 radical (unpaired) electrons. The molecular formula is C15H12Cl2F3N5O2. The number of nitrogens with one attached hydrogen (secondary N) is 3. The summed E-state index contributed by atoms with van der Waals surface area (Å²) in [6.07, 6.45) is -4.12. The Morgan fingerprint density at radius 3 is 2.67 bits per heavy atom. The highest BCUT2D eigenvalue weighted by Gasteiger charge is 2.68. The molecule has 2 unspecified atom stereocenters. The molecule has 1 aromatic heterocycles. The van der Waals surface area contributed by atoms with Crippen LogP contribution in [0.1, 0.15) is 12.8 Å². The van der Waals surface area contributed by atoms with E-state index < -0.39 is 29.7 Å². The Labute approximate surface area is 160 Å². The minimum Gasteiger partial charge on any atom is -0.316 e. The van der Waals surface area contributed by atoms with Crippen molar-refractivity contribution in [2.75, 3.05) is 11.9 Å². The third-order valence-corrected chi connectivity index (χ3v) is 5.40. The number of rotatable bonds is 2. The van der Waals surface area contributed by atoms with Gasteiger partial charge in [0.25, 0.3) is 11.6 Å². The summed E-state index contributed by atoms with van der Waals surface area (Å²) >= 11 is 11.8. The van der Waals surface area contributed by atoms with Gasteiger partial charge < -0.3 is 10.6 Å². The van der Waals surface area contributed by atoms with Gasteiger partial charge in [0.1, 0.15) is 0 Å². The number of fused-ring (bicyclic) bond motifs is 3. The lowest BCUT2D eigenvalue weighted by atomic mass is 10.1. The predicted molar refractivity (Wildman–Crippen MR) is 91.6 cm³/mol. The molecular weight excluding hydrogens is 410 g/mol. The third-order valence-electron chi connectivity index (χ3n) is 4.68. The van der Waals surface area contributed by atoms with E-state index in [4.69, 9.17) is 23.2 Å². The van der Waals surface area contributed by atoms with Crippen LogP contribution in [0.2, 0.25) is 10.0 Å². The largest absolute Gasteiger partial charge is 0.440 e. The van der Waals surface area contributed by atoms with Crippen LogP contribution in [0.4, 0.5) is 19.1 Å². The van der Waals surface area contributed by atoms with Gasteiger partial charge in [0, 0.05) is 0 Å². The molecule has 1 fully saturated rings. The van der Waals surface area contributed by atoms with Crippen molar-refractivity contribution in [3.8, 4) is 0 Å². The summed E-state index contributed by atoms with van der Waals surface area (Å²) in [7, 11) is 0. The molecule has 3 heterocycles. The quantitative estimate of drug-likeness (QED) is 0.694. The Bertz CT molecular complexity index is 970. The maximum atomic E-state index is 14.2. The van der Waals surface area contributed by atoms with Crippen LogP contribution in [0.15, 0.2) is 12.1 Å². The first-order chi connectivity index (χ1) is 12.6. The monoisotopic (exact) mass is 421 g/mol. The zero-order valence-electron chi connectivity index (χ0n) is 13.5. The van der Waals surface area contributed by atoms with Gasteiger partial charge >= 0.3 is 6.18 Å². The van der Waals surface area contributed by atoms with Crippen LogP contribution in [0.25, 0.3) is 11.0 Å². The topological polar surface area (TPSA) is 88.1 Å². The van der Waals surface area contributed by atoms with Gasteiger partial charge in [-0.1, -0.05) is 23.2 Å². The van der Waals surface area contributed by atoms with Gasteiger partial charge in [0.2, 0.25) is 11.9 Å². The van der Waals surface area contributed by atoms with Crippen molar-refractivity contribution >= 4 is 52.0 Å². The number of halogens is 5. The van der Waals surface area contributed by atoms with Crippen LogP contribution in [0.5, 0.6) is 0 Å². The summed E-state index contributed by atoms with van der Waals surface area (Å²) in [5.41, 5.74) is -3.33. The number of carbonyl (C=O) groups is 2. The lowest BCUT2D eigenvalue weighted by Crippen LogP contribution is -2.65. The normalized spacial score (nSPS) is 24.9. The number of carbonyl (C=O) groups excluding carboxylic acids is 2. The molecule has 3 N–H and O–H groups in total. The first-order valence-electron chi connectivity index (χ1n) is 7.97. The molecule has 0 spiro atoms. The van der Waals surface area contributed by atoms with Crippen molar-refractivity contribution < 1.29 is 22.8 Å². The highest BCUT2D eigenvalue weighted by molar-refractivity contribution is 6.42. The molecule has 27 heavy (non-hydrogen) atoms. The fourth-order valence-corrected chi connectivity index (χ4v) is 3.72. The van der Waals surface area contributed by atoms with E-state index in [-0.39, 0.29) is 27.0 Å². The second-order valence-electron chi connectivity index (χ2n) is 6.33. The summed E-state index contributed by atoms with van der Waals surface area (Å²) in [6.45, 7) is 0.511. The molecule has 0 saturated carbocycles. The van der Waals surface area contributed by atoms with Crippen LogP contribution < -0.4 is 16.0 Å². The summed E-state index contributed by atoms with van der Waals surface area (Å²) in [4.78, 5) is 28.9. The molecule has 1 aromatic carbocycles. The average molecular weight is 422 g/mol. The number of amides is 2. The number of hydrogen-bond acceptors (Lipinski definition) is 4. The van der Waals surface area contributed by atoms with Gasteiger partial charge in [-0.15, -0.1) is 0 Å². The van der Waals surface area contributed by atoms with E-state index in [0.29, 0.717) is 24.0 Å². The summed E-state index contributed by atoms with van der Waals surface area (Å²) in [6, 6.07) is 1.66. The lowest BCUT2D eigenvalue weighted by molar-refractivity contribution is -0.217. The number of nitrogens with zero attached hydrogens (tertiary/aromatic N) is 2. The minimum absolute atomic E-state index is 0.00826. The molecule has 7 nitrogen and oxygen atoms in total. The van der Waals surface area contributed by atoms with E-state index in [1.807, 2.05) is 5.32 Å². The van der Waals surface area contributed by atoms with Crippen molar-refractivity contribution in [1.29, 1.82) is 0 Å². The van der Waals surface area contributed by atoms with Crippen LogP contribution in [0.3, 0.4) is 0 Å².